The molecule has 2 aromatic heterocycles. The zero-order chi connectivity index (χ0) is 22.3. The van der Waals surface area contributed by atoms with Crippen LogP contribution in [0.1, 0.15) is 47.9 Å². The summed E-state index contributed by atoms with van der Waals surface area (Å²) in [6.07, 6.45) is 4.97. The van der Waals surface area contributed by atoms with Gasteiger partial charge in [0.2, 0.25) is 11.6 Å². The highest BCUT2D eigenvalue weighted by atomic mass is 16.6. The van der Waals surface area contributed by atoms with Crippen molar-refractivity contribution in [3.63, 3.8) is 0 Å². The van der Waals surface area contributed by atoms with Gasteiger partial charge in [0.25, 0.3) is 5.91 Å². The molecule has 0 spiro atoms. The number of hydrogen-bond donors (Lipinski definition) is 2. The molecule has 1 saturated heterocycles. The number of anilines is 1. The normalized spacial score (nSPS) is 14.7. The zero-order valence-corrected chi connectivity index (χ0v) is 17.8. The van der Waals surface area contributed by atoms with Crippen molar-refractivity contribution < 1.29 is 14.2 Å². The summed E-state index contributed by atoms with van der Waals surface area (Å²) in [5.41, 5.74) is 9.83. The summed E-state index contributed by atoms with van der Waals surface area (Å²) in [5.74, 6) is 0.380. The van der Waals surface area contributed by atoms with E-state index >= 15 is 0 Å². The highest BCUT2D eigenvalue weighted by molar-refractivity contribution is 5.95. The van der Waals surface area contributed by atoms with E-state index in [0.717, 1.165) is 37.2 Å². The number of piperidine rings is 1. The molecule has 12 nitrogen and oxygen atoms in total. The van der Waals surface area contributed by atoms with E-state index in [9.17, 15) is 4.79 Å². The molecule has 32 heavy (non-hydrogen) atoms. The molecule has 4 rings (SSSR count). The lowest BCUT2D eigenvalue weighted by molar-refractivity contribution is 0.0944. The van der Waals surface area contributed by atoms with E-state index in [0.29, 0.717) is 18.8 Å². The second kappa shape index (κ2) is 10.0. The van der Waals surface area contributed by atoms with Gasteiger partial charge < -0.3 is 10.5 Å². The molecule has 0 unspecified atom stereocenters. The number of likely N-dealkylation sites (tertiary alicyclic amines) is 1. The molecular formula is C20H25N9O3. The Kier molecular flexibility index (Phi) is 6.70. The van der Waals surface area contributed by atoms with E-state index in [4.69, 9.17) is 10.5 Å². The average Bonchev–Trinajstić information content (AvgIpc) is 3.41. The monoisotopic (exact) mass is 439 g/mol. The van der Waals surface area contributed by atoms with E-state index in [1.54, 1.807) is 0 Å². The van der Waals surface area contributed by atoms with Gasteiger partial charge in [0.1, 0.15) is 11.4 Å². The van der Waals surface area contributed by atoms with Gasteiger partial charge in [-0.25, -0.2) is 10.1 Å². The largest absolute Gasteiger partial charge is 0.494 e. The Morgan fingerprint density at radius 3 is 2.72 bits per heavy atom. The molecule has 0 bridgehead atoms. The first-order valence-electron chi connectivity index (χ1n) is 10.5. The molecule has 12 heteroatoms. The third-order valence-electron chi connectivity index (χ3n) is 5.04. The van der Waals surface area contributed by atoms with Crippen molar-refractivity contribution in [3.8, 4) is 11.6 Å². The summed E-state index contributed by atoms with van der Waals surface area (Å²) in [6, 6.07) is 7.36. The van der Waals surface area contributed by atoms with Gasteiger partial charge in [0.05, 0.1) is 12.8 Å². The number of benzene rings is 1. The lowest BCUT2D eigenvalue weighted by atomic mass is 10.1. The zero-order valence-electron chi connectivity index (χ0n) is 17.8. The molecule has 168 valence electrons. The number of amides is 1. The topological polar surface area (TPSA) is 150 Å². The summed E-state index contributed by atoms with van der Waals surface area (Å²) in [5, 5.41) is 19.6. The van der Waals surface area contributed by atoms with E-state index in [-0.39, 0.29) is 17.3 Å². The van der Waals surface area contributed by atoms with Gasteiger partial charge in [-0.2, -0.15) is 9.78 Å². The molecule has 1 aliphatic rings. The predicted octanol–water partition coefficient (Wildman–Crippen LogP) is 1.38. The molecule has 3 N–H and O–H groups in total. The Morgan fingerprint density at radius 1 is 1.25 bits per heavy atom. The number of nitrogens with two attached hydrogens (primary N) is 1. The van der Waals surface area contributed by atoms with Crippen LogP contribution in [0.5, 0.6) is 5.75 Å². The van der Waals surface area contributed by atoms with E-state index in [2.05, 4.69) is 40.7 Å². The number of nitrogen functional groups attached to an aromatic ring is 1. The van der Waals surface area contributed by atoms with Gasteiger partial charge in [-0.15, -0.1) is 5.10 Å². The van der Waals surface area contributed by atoms with Gasteiger partial charge >= 0.3 is 0 Å². The number of nitrogens with zero attached hydrogens (tertiary/aromatic N) is 7. The van der Waals surface area contributed by atoms with Crippen LogP contribution in [0, 0.1) is 0 Å². The number of aromatic nitrogens is 5. The first-order chi connectivity index (χ1) is 15.7. The van der Waals surface area contributed by atoms with Crippen molar-refractivity contribution in [3.05, 3.63) is 41.2 Å². The molecule has 0 saturated carbocycles. The quantitative estimate of drug-likeness (QED) is 0.392. The smallest absolute Gasteiger partial charge is 0.292 e. The predicted molar refractivity (Wildman–Crippen MR) is 115 cm³/mol. The summed E-state index contributed by atoms with van der Waals surface area (Å²) in [7, 11) is 0. The first-order valence-corrected chi connectivity index (χ1v) is 10.5. The van der Waals surface area contributed by atoms with Crippen molar-refractivity contribution >= 4 is 17.9 Å². The highest BCUT2D eigenvalue weighted by Crippen LogP contribution is 2.19. The molecule has 3 heterocycles. The number of carbonyl (C=O) groups excluding carboxylic acids is 1. The van der Waals surface area contributed by atoms with Crippen molar-refractivity contribution in [2.24, 2.45) is 5.10 Å². The van der Waals surface area contributed by atoms with Crippen molar-refractivity contribution in [1.29, 1.82) is 0 Å². The fourth-order valence-electron chi connectivity index (χ4n) is 3.50. The van der Waals surface area contributed by atoms with Crippen molar-refractivity contribution in [2.75, 3.05) is 25.4 Å². The van der Waals surface area contributed by atoms with Crippen LogP contribution in [-0.2, 0) is 6.54 Å². The molecule has 1 aliphatic heterocycles. The Bertz CT molecular complexity index is 1070. The third kappa shape index (κ3) is 4.91. The SMILES string of the molecule is CCOc1ccc(C=NNC(=O)c2c(CN3CCCCC3)nnn2-c2nonc2N)cc1. The van der Waals surface area contributed by atoms with Crippen LogP contribution in [0.15, 0.2) is 34.0 Å². The van der Waals surface area contributed by atoms with Crippen molar-refractivity contribution in [2.45, 2.75) is 32.7 Å². The standard InChI is InChI=1S/C20H25N9O3/c1-2-31-15-8-6-14(7-9-15)12-22-24-20(30)17-16(13-28-10-4-3-5-11-28)23-27-29(17)19-18(21)25-32-26-19/h6-9,12H,2-5,10-11,13H2,1H3,(H2,21,25)(H,24,30). The summed E-state index contributed by atoms with van der Waals surface area (Å²) < 4.78 is 11.3. The second-order valence-electron chi connectivity index (χ2n) is 7.31. The maximum atomic E-state index is 13.0. The van der Waals surface area contributed by atoms with Crippen molar-refractivity contribution in [1.82, 2.24) is 35.6 Å². The van der Waals surface area contributed by atoms with Crippen LogP contribution in [0.2, 0.25) is 0 Å². The molecule has 3 aromatic rings. The maximum absolute atomic E-state index is 13.0. The fraction of sp³-hybridized carbons (Fsp3) is 0.400. The molecule has 1 amide bonds. The maximum Gasteiger partial charge on any atom is 0.292 e. The second-order valence-corrected chi connectivity index (χ2v) is 7.31. The first kappa shape index (κ1) is 21.4. The van der Waals surface area contributed by atoms with Crippen LogP contribution < -0.4 is 15.9 Å². The van der Waals surface area contributed by atoms with Gasteiger partial charge in [-0.3, -0.25) is 9.69 Å². The van der Waals surface area contributed by atoms with Crippen LogP contribution >= 0.6 is 0 Å². The van der Waals surface area contributed by atoms with Gasteiger partial charge in [-0.05, 0) is 73.0 Å². The fourth-order valence-corrected chi connectivity index (χ4v) is 3.50. The minimum absolute atomic E-state index is 0.00589. The van der Waals surface area contributed by atoms with E-state index < -0.39 is 5.91 Å². The number of hydrazone groups is 1. The Hall–Kier alpha value is -3.80. The van der Waals surface area contributed by atoms with Gasteiger partial charge in [-0.1, -0.05) is 11.6 Å². The van der Waals surface area contributed by atoms with E-state index in [1.807, 2.05) is 31.2 Å². The molecule has 1 aromatic carbocycles. The number of hydrogen-bond acceptors (Lipinski definition) is 10. The number of rotatable bonds is 8. The molecule has 0 aliphatic carbocycles. The summed E-state index contributed by atoms with van der Waals surface area (Å²) >= 11 is 0. The number of nitrogens with one attached hydrogen (secondary N) is 1. The Labute approximate surface area is 184 Å². The van der Waals surface area contributed by atoms with E-state index in [1.165, 1.54) is 17.3 Å². The lowest BCUT2D eigenvalue weighted by Crippen LogP contribution is -2.31. The van der Waals surface area contributed by atoms with Crippen LogP contribution in [0.25, 0.3) is 5.82 Å². The average molecular weight is 439 g/mol. The molecule has 0 radical (unpaired) electrons. The Morgan fingerprint density at radius 2 is 2.03 bits per heavy atom. The third-order valence-corrected chi connectivity index (χ3v) is 5.04. The minimum atomic E-state index is -0.494. The minimum Gasteiger partial charge on any atom is -0.494 e. The van der Waals surface area contributed by atoms with Gasteiger partial charge in [0.15, 0.2) is 5.69 Å². The number of ether oxygens (including phenoxy) is 1. The van der Waals surface area contributed by atoms with Crippen LogP contribution in [0.4, 0.5) is 5.82 Å². The molecule has 1 fully saturated rings. The van der Waals surface area contributed by atoms with Crippen LogP contribution in [0.3, 0.4) is 0 Å². The number of carbonyl (C=O) groups is 1. The lowest BCUT2D eigenvalue weighted by Gasteiger charge is -2.25. The van der Waals surface area contributed by atoms with Crippen LogP contribution in [-0.4, -0.2) is 62.0 Å². The molecular weight excluding hydrogens is 414 g/mol. The Balaban J connectivity index is 1.53. The highest BCUT2D eigenvalue weighted by Gasteiger charge is 2.26. The summed E-state index contributed by atoms with van der Waals surface area (Å²) in [4.78, 5) is 15.3. The summed E-state index contributed by atoms with van der Waals surface area (Å²) in [6.45, 7) is 4.88. The van der Waals surface area contributed by atoms with Gasteiger partial charge in [0, 0.05) is 6.54 Å². The molecule has 0 atom stereocenters.